The van der Waals surface area contributed by atoms with Gasteiger partial charge in [0.2, 0.25) is 0 Å². The Bertz CT molecular complexity index is 858. The molecule has 0 fully saturated rings. The molecule has 0 unspecified atom stereocenters. The van der Waals surface area contributed by atoms with E-state index in [0.717, 1.165) is 27.8 Å². The highest BCUT2D eigenvalue weighted by atomic mass is 16.1. The van der Waals surface area contributed by atoms with E-state index in [1.54, 1.807) is 0 Å². The average Bonchev–Trinajstić information content (AvgIpc) is 2.63. The highest BCUT2D eigenvalue weighted by Crippen LogP contribution is 2.13. The predicted octanol–water partition coefficient (Wildman–Crippen LogP) is 3.73. The van der Waals surface area contributed by atoms with Gasteiger partial charge < -0.3 is 5.32 Å². The van der Waals surface area contributed by atoms with Crippen molar-refractivity contribution in [2.24, 2.45) is 0 Å². The lowest BCUT2D eigenvalue weighted by molar-refractivity contribution is 0.0953. The van der Waals surface area contributed by atoms with Crippen LogP contribution in [0.15, 0.2) is 60.9 Å². The molecule has 126 valence electrons. The fourth-order valence-electron chi connectivity index (χ4n) is 2.70. The molecule has 0 aliphatic rings. The first-order chi connectivity index (χ1) is 12.1. The summed E-state index contributed by atoms with van der Waals surface area (Å²) in [6.07, 6.45) is 4.34. The number of carbonyl (C=O) groups excluding carboxylic acids is 1. The Balaban J connectivity index is 1.56. The molecule has 3 aromatic rings. The van der Waals surface area contributed by atoms with Crippen molar-refractivity contribution in [1.29, 1.82) is 0 Å². The summed E-state index contributed by atoms with van der Waals surface area (Å²) >= 11 is 0. The molecule has 1 heterocycles. The lowest BCUT2D eigenvalue weighted by Crippen LogP contribution is -2.26. The van der Waals surface area contributed by atoms with Crippen molar-refractivity contribution >= 4 is 5.91 Å². The number of benzene rings is 2. The van der Waals surface area contributed by atoms with Crippen LogP contribution in [-0.4, -0.2) is 22.4 Å². The Hall–Kier alpha value is -3.01. The van der Waals surface area contributed by atoms with Gasteiger partial charge in [-0.1, -0.05) is 48.0 Å². The van der Waals surface area contributed by atoms with Crippen molar-refractivity contribution in [3.8, 4) is 11.4 Å². The lowest BCUT2D eigenvalue weighted by atomic mass is 10.1. The minimum absolute atomic E-state index is 0.0423. The third-order valence-corrected chi connectivity index (χ3v) is 4.06. The highest BCUT2D eigenvalue weighted by molar-refractivity contribution is 5.95. The summed E-state index contributed by atoms with van der Waals surface area (Å²) in [7, 11) is 0. The SMILES string of the molecule is Cc1ccc(C(=O)NCCc2cnc(-c3ccccc3)nc2)c(C)c1. The second-order valence-corrected chi connectivity index (χ2v) is 6.11. The zero-order valence-corrected chi connectivity index (χ0v) is 14.5. The Morgan fingerprint density at radius 1 is 1.00 bits per heavy atom. The van der Waals surface area contributed by atoms with Crippen LogP contribution in [0.3, 0.4) is 0 Å². The van der Waals surface area contributed by atoms with Gasteiger partial charge in [0.05, 0.1) is 0 Å². The van der Waals surface area contributed by atoms with Crippen LogP contribution in [0.2, 0.25) is 0 Å². The molecule has 1 amide bonds. The number of aromatic nitrogens is 2. The number of nitrogens with zero attached hydrogens (tertiary/aromatic N) is 2. The van der Waals surface area contributed by atoms with Crippen molar-refractivity contribution in [2.45, 2.75) is 20.3 Å². The van der Waals surface area contributed by atoms with Crippen LogP contribution in [0.4, 0.5) is 0 Å². The summed E-state index contributed by atoms with van der Waals surface area (Å²) in [5.74, 6) is 0.669. The largest absolute Gasteiger partial charge is 0.352 e. The van der Waals surface area contributed by atoms with Crippen LogP contribution in [-0.2, 0) is 6.42 Å². The maximum atomic E-state index is 12.3. The average molecular weight is 331 g/mol. The van der Waals surface area contributed by atoms with Gasteiger partial charge in [-0.2, -0.15) is 0 Å². The predicted molar refractivity (Wildman–Crippen MR) is 99.4 cm³/mol. The number of hydrogen-bond acceptors (Lipinski definition) is 3. The van der Waals surface area contributed by atoms with Gasteiger partial charge in [0, 0.05) is 30.1 Å². The number of amides is 1. The quantitative estimate of drug-likeness (QED) is 0.775. The summed E-state index contributed by atoms with van der Waals surface area (Å²) < 4.78 is 0. The minimum atomic E-state index is -0.0423. The van der Waals surface area contributed by atoms with Crippen molar-refractivity contribution in [3.05, 3.63) is 83.2 Å². The zero-order chi connectivity index (χ0) is 17.6. The number of rotatable bonds is 5. The van der Waals surface area contributed by atoms with Crippen LogP contribution >= 0.6 is 0 Å². The molecule has 4 nitrogen and oxygen atoms in total. The lowest BCUT2D eigenvalue weighted by Gasteiger charge is -2.08. The van der Waals surface area contributed by atoms with Crippen molar-refractivity contribution in [1.82, 2.24) is 15.3 Å². The standard InChI is InChI=1S/C21H21N3O/c1-15-8-9-19(16(2)12-15)21(25)22-11-10-17-13-23-20(24-14-17)18-6-4-3-5-7-18/h3-9,12-14H,10-11H2,1-2H3,(H,22,25). The number of hydrogen-bond donors (Lipinski definition) is 1. The van der Waals surface area contributed by atoms with Crippen LogP contribution in [0.5, 0.6) is 0 Å². The minimum Gasteiger partial charge on any atom is -0.352 e. The maximum absolute atomic E-state index is 12.3. The molecular weight excluding hydrogens is 310 g/mol. The van der Waals surface area contributed by atoms with E-state index in [9.17, 15) is 4.79 Å². The van der Waals surface area contributed by atoms with Gasteiger partial charge >= 0.3 is 0 Å². The van der Waals surface area contributed by atoms with Gasteiger partial charge in [0.15, 0.2) is 5.82 Å². The summed E-state index contributed by atoms with van der Waals surface area (Å²) in [5, 5.41) is 2.96. The van der Waals surface area contributed by atoms with Crippen LogP contribution < -0.4 is 5.32 Å². The number of carbonyl (C=O) groups is 1. The molecule has 0 aliphatic carbocycles. The van der Waals surface area contributed by atoms with E-state index in [1.165, 1.54) is 0 Å². The first kappa shape index (κ1) is 16.8. The molecule has 0 radical (unpaired) electrons. The topological polar surface area (TPSA) is 54.9 Å². The molecule has 0 saturated carbocycles. The van der Waals surface area contributed by atoms with Gasteiger partial charge in [0.25, 0.3) is 5.91 Å². The third-order valence-electron chi connectivity index (χ3n) is 4.06. The van der Waals surface area contributed by atoms with E-state index in [2.05, 4.69) is 15.3 Å². The molecule has 3 rings (SSSR count). The third kappa shape index (κ3) is 4.29. The first-order valence-electron chi connectivity index (χ1n) is 8.35. The van der Waals surface area contributed by atoms with E-state index in [0.29, 0.717) is 18.8 Å². The summed E-state index contributed by atoms with van der Waals surface area (Å²) in [5.41, 5.74) is 4.87. The van der Waals surface area contributed by atoms with Crippen LogP contribution in [0.25, 0.3) is 11.4 Å². The molecule has 1 aromatic heterocycles. The maximum Gasteiger partial charge on any atom is 0.251 e. The van der Waals surface area contributed by atoms with Gasteiger partial charge in [0.1, 0.15) is 0 Å². The normalized spacial score (nSPS) is 10.5. The molecule has 1 N–H and O–H groups in total. The van der Waals surface area contributed by atoms with Gasteiger partial charge in [-0.3, -0.25) is 4.79 Å². The fraction of sp³-hybridized carbons (Fsp3) is 0.190. The first-order valence-corrected chi connectivity index (χ1v) is 8.35. The zero-order valence-electron chi connectivity index (χ0n) is 14.5. The number of aryl methyl sites for hydroxylation is 2. The van der Waals surface area contributed by atoms with E-state index < -0.39 is 0 Å². The molecule has 0 saturated heterocycles. The van der Waals surface area contributed by atoms with Crippen LogP contribution in [0, 0.1) is 13.8 Å². The molecule has 4 heteroatoms. The van der Waals surface area contributed by atoms with Gasteiger partial charge in [-0.25, -0.2) is 9.97 Å². The van der Waals surface area contributed by atoms with Crippen molar-refractivity contribution in [2.75, 3.05) is 6.54 Å². The van der Waals surface area contributed by atoms with Gasteiger partial charge in [-0.15, -0.1) is 0 Å². The fourth-order valence-corrected chi connectivity index (χ4v) is 2.70. The molecule has 0 atom stereocenters. The monoisotopic (exact) mass is 331 g/mol. The molecular formula is C21H21N3O. The Morgan fingerprint density at radius 3 is 2.40 bits per heavy atom. The van der Waals surface area contributed by atoms with Crippen molar-refractivity contribution in [3.63, 3.8) is 0 Å². The summed E-state index contributed by atoms with van der Waals surface area (Å²) in [6, 6.07) is 15.7. The number of nitrogens with one attached hydrogen (secondary N) is 1. The van der Waals surface area contributed by atoms with Gasteiger partial charge in [-0.05, 0) is 37.5 Å². The van der Waals surface area contributed by atoms with E-state index in [1.807, 2.05) is 74.8 Å². The Kier molecular flexibility index (Phi) is 5.19. The molecule has 0 aliphatic heterocycles. The van der Waals surface area contributed by atoms with Crippen molar-refractivity contribution < 1.29 is 4.79 Å². The Labute approximate surface area is 148 Å². The highest BCUT2D eigenvalue weighted by Gasteiger charge is 2.08. The molecule has 0 spiro atoms. The molecule has 2 aromatic carbocycles. The van der Waals surface area contributed by atoms with Crippen LogP contribution in [0.1, 0.15) is 27.0 Å². The summed E-state index contributed by atoms with van der Waals surface area (Å²) in [4.78, 5) is 21.1. The van der Waals surface area contributed by atoms with E-state index in [4.69, 9.17) is 0 Å². The second kappa shape index (κ2) is 7.71. The Morgan fingerprint density at radius 2 is 1.72 bits per heavy atom. The van der Waals surface area contributed by atoms with E-state index in [-0.39, 0.29) is 5.91 Å². The molecule has 0 bridgehead atoms. The van der Waals surface area contributed by atoms with E-state index >= 15 is 0 Å². The summed E-state index contributed by atoms with van der Waals surface area (Å²) in [6.45, 7) is 4.53. The molecule has 25 heavy (non-hydrogen) atoms. The second-order valence-electron chi connectivity index (χ2n) is 6.11. The smallest absolute Gasteiger partial charge is 0.251 e.